The van der Waals surface area contributed by atoms with Crippen LogP contribution >= 0.6 is 11.8 Å². The highest BCUT2D eigenvalue weighted by Crippen LogP contribution is 2.11. The lowest BCUT2D eigenvalue weighted by molar-refractivity contribution is -0.142. The van der Waals surface area contributed by atoms with E-state index in [0.717, 1.165) is 5.56 Å². The Labute approximate surface area is 92.8 Å². The topological polar surface area (TPSA) is 43.4 Å². The Morgan fingerprint density at radius 1 is 1.27 bits per heavy atom. The van der Waals surface area contributed by atoms with Gasteiger partial charge in [0.15, 0.2) is 0 Å². The first-order valence-electron chi connectivity index (χ1n) is 4.44. The molecule has 0 saturated carbocycles. The van der Waals surface area contributed by atoms with Gasteiger partial charge in [0.25, 0.3) is 0 Å². The quantitative estimate of drug-likeness (QED) is 0.739. The lowest BCUT2D eigenvalue weighted by Crippen LogP contribution is -1.99. The Balaban J connectivity index is 2.64. The maximum absolute atomic E-state index is 11.3. The van der Waals surface area contributed by atoms with Crippen molar-refractivity contribution in [2.24, 2.45) is 0 Å². The third-order valence-corrected chi connectivity index (χ3v) is 2.42. The zero-order valence-corrected chi connectivity index (χ0v) is 9.47. The monoisotopic (exact) mass is 224 g/mol. The van der Waals surface area contributed by atoms with E-state index in [2.05, 4.69) is 0 Å². The molecule has 0 aliphatic carbocycles. The average molecular weight is 224 g/mol. The van der Waals surface area contributed by atoms with Crippen molar-refractivity contribution in [1.82, 2.24) is 0 Å². The minimum atomic E-state index is -0.306. The summed E-state index contributed by atoms with van der Waals surface area (Å²) < 4.78 is 4.83. The van der Waals surface area contributed by atoms with Crippen molar-refractivity contribution in [3.63, 3.8) is 0 Å². The standard InChI is InChI=1S/C11H12O3S/c1-8(12)14-7-9-3-5-10(6-4-9)11(13)15-2/h3-6H,7H2,1-2H3. The van der Waals surface area contributed by atoms with Crippen LogP contribution in [0.3, 0.4) is 0 Å². The molecule has 0 atom stereocenters. The lowest BCUT2D eigenvalue weighted by Gasteiger charge is -2.02. The number of ether oxygens (including phenoxy) is 1. The predicted molar refractivity (Wildman–Crippen MR) is 59.8 cm³/mol. The second kappa shape index (κ2) is 5.56. The summed E-state index contributed by atoms with van der Waals surface area (Å²) in [6.07, 6.45) is 1.75. The highest BCUT2D eigenvalue weighted by molar-refractivity contribution is 8.13. The van der Waals surface area contributed by atoms with E-state index < -0.39 is 0 Å². The zero-order valence-electron chi connectivity index (χ0n) is 8.65. The zero-order chi connectivity index (χ0) is 11.3. The van der Waals surface area contributed by atoms with Crippen molar-refractivity contribution in [3.05, 3.63) is 35.4 Å². The molecule has 0 fully saturated rings. The van der Waals surface area contributed by atoms with Gasteiger partial charge in [0, 0.05) is 12.5 Å². The van der Waals surface area contributed by atoms with Gasteiger partial charge in [-0.25, -0.2) is 0 Å². The molecule has 0 aromatic heterocycles. The lowest BCUT2D eigenvalue weighted by atomic mass is 10.1. The van der Waals surface area contributed by atoms with Crippen LogP contribution in [0.2, 0.25) is 0 Å². The molecule has 15 heavy (non-hydrogen) atoms. The van der Waals surface area contributed by atoms with Gasteiger partial charge in [-0.1, -0.05) is 36.0 Å². The summed E-state index contributed by atoms with van der Waals surface area (Å²) in [5.74, 6) is -0.306. The second-order valence-electron chi connectivity index (χ2n) is 2.97. The Bertz CT molecular complexity index is 357. The molecule has 1 aromatic rings. The summed E-state index contributed by atoms with van der Waals surface area (Å²) in [5, 5.41) is 0.0361. The highest BCUT2D eigenvalue weighted by Gasteiger charge is 2.03. The number of rotatable bonds is 3. The average Bonchev–Trinajstić information content (AvgIpc) is 2.26. The van der Waals surface area contributed by atoms with Gasteiger partial charge in [-0.2, -0.15) is 0 Å². The smallest absolute Gasteiger partial charge is 0.302 e. The van der Waals surface area contributed by atoms with Crippen LogP contribution in [0.25, 0.3) is 0 Å². The maximum Gasteiger partial charge on any atom is 0.302 e. The summed E-state index contributed by atoms with van der Waals surface area (Å²) in [6, 6.07) is 7.04. The van der Waals surface area contributed by atoms with Gasteiger partial charge in [0.05, 0.1) is 0 Å². The number of carbonyl (C=O) groups excluding carboxylic acids is 2. The maximum atomic E-state index is 11.3. The summed E-state index contributed by atoms with van der Waals surface area (Å²) in [7, 11) is 0. The minimum absolute atomic E-state index is 0.0361. The van der Waals surface area contributed by atoms with Crippen LogP contribution in [0.5, 0.6) is 0 Å². The first kappa shape index (κ1) is 11.8. The Hall–Kier alpha value is -1.29. The number of esters is 1. The van der Waals surface area contributed by atoms with E-state index in [4.69, 9.17) is 4.74 Å². The molecule has 0 aliphatic heterocycles. The van der Waals surface area contributed by atoms with Crippen LogP contribution in [-0.4, -0.2) is 17.3 Å². The number of carbonyl (C=O) groups is 2. The molecule has 0 spiro atoms. The van der Waals surface area contributed by atoms with Crippen molar-refractivity contribution in [2.75, 3.05) is 6.26 Å². The van der Waals surface area contributed by atoms with E-state index in [9.17, 15) is 9.59 Å². The third kappa shape index (κ3) is 3.75. The Morgan fingerprint density at radius 2 is 1.87 bits per heavy atom. The molecule has 4 heteroatoms. The minimum Gasteiger partial charge on any atom is -0.461 e. The molecule has 0 aliphatic rings. The van der Waals surface area contributed by atoms with Crippen LogP contribution in [0.4, 0.5) is 0 Å². The first-order chi connectivity index (χ1) is 7.13. The van der Waals surface area contributed by atoms with Crippen LogP contribution in [0.15, 0.2) is 24.3 Å². The van der Waals surface area contributed by atoms with Gasteiger partial charge in [-0.3, -0.25) is 9.59 Å². The molecule has 0 amide bonds. The van der Waals surface area contributed by atoms with Crippen LogP contribution < -0.4 is 0 Å². The fourth-order valence-electron chi connectivity index (χ4n) is 1.04. The van der Waals surface area contributed by atoms with Gasteiger partial charge in [-0.15, -0.1) is 0 Å². The molecule has 0 heterocycles. The van der Waals surface area contributed by atoms with Crippen LogP contribution in [0.1, 0.15) is 22.8 Å². The molecule has 1 aromatic carbocycles. The van der Waals surface area contributed by atoms with E-state index in [0.29, 0.717) is 5.56 Å². The third-order valence-electron chi connectivity index (χ3n) is 1.82. The van der Waals surface area contributed by atoms with Crippen molar-refractivity contribution < 1.29 is 14.3 Å². The summed E-state index contributed by atoms with van der Waals surface area (Å²) in [4.78, 5) is 21.8. The molecule has 0 unspecified atom stereocenters. The van der Waals surface area contributed by atoms with Crippen LogP contribution in [-0.2, 0) is 16.1 Å². The largest absolute Gasteiger partial charge is 0.461 e. The molecule has 0 saturated heterocycles. The molecule has 1 rings (SSSR count). The van der Waals surface area contributed by atoms with Crippen molar-refractivity contribution >= 4 is 22.8 Å². The number of thioether (sulfide) groups is 1. The van der Waals surface area contributed by atoms with Gasteiger partial charge in [0.1, 0.15) is 6.61 Å². The van der Waals surface area contributed by atoms with E-state index in [1.807, 2.05) is 0 Å². The molecule has 3 nitrogen and oxygen atoms in total. The van der Waals surface area contributed by atoms with Crippen LogP contribution in [0, 0.1) is 0 Å². The highest BCUT2D eigenvalue weighted by atomic mass is 32.2. The second-order valence-corrected chi connectivity index (χ2v) is 3.75. The van der Waals surface area contributed by atoms with E-state index in [1.165, 1.54) is 18.7 Å². The van der Waals surface area contributed by atoms with Crippen molar-refractivity contribution in [1.29, 1.82) is 0 Å². The molecule has 0 radical (unpaired) electrons. The Morgan fingerprint density at radius 3 is 2.33 bits per heavy atom. The van der Waals surface area contributed by atoms with Crippen molar-refractivity contribution in [2.45, 2.75) is 13.5 Å². The number of benzene rings is 1. The van der Waals surface area contributed by atoms with E-state index >= 15 is 0 Å². The van der Waals surface area contributed by atoms with Gasteiger partial charge < -0.3 is 4.74 Å². The number of hydrogen-bond donors (Lipinski definition) is 0. The predicted octanol–water partition coefficient (Wildman–Crippen LogP) is 2.25. The number of hydrogen-bond acceptors (Lipinski definition) is 4. The summed E-state index contributed by atoms with van der Waals surface area (Å²) in [5.41, 5.74) is 1.54. The van der Waals surface area contributed by atoms with E-state index in [-0.39, 0.29) is 17.7 Å². The molecule has 0 N–H and O–H groups in total. The van der Waals surface area contributed by atoms with E-state index in [1.54, 1.807) is 30.5 Å². The molecule has 80 valence electrons. The molecular weight excluding hydrogens is 212 g/mol. The van der Waals surface area contributed by atoms with Gasteiger partial charge in [0.2, 0.25) is 5.12 Å². The molecular formula is C11H12O3S. The normalized spacial score (nSPS) is 9.73. The van der Waals surface area contributed by atoms with Crippen molar-refractivity contribution in [3.8, 4) is 0 Å². The first-order valence-corrected chi connectivity index (χ1v) is 5.66. The SMILES string of the molecule is CSC(=O)c1ccc(COC(C)=O)cc1. The summed E-state index contributed by atoms with van der Waals surface area (Å²) >= 11 is 1.18. The fraction of sp³-hybridized carbons (Fsp3) is 0.273. The summed E-state index contributed by atoms with van der Waals surface area (Å²) in [6.45, 7) is 1.62. The van der Waals surface area contributed by atoms with Gasteiger partial charge in [-0.05, 0) is 11.8 Å². The fourth-order valence-corrected chi connectivity index (χ4v) is 1.41. The molecule has 0 bridgehead atoms. The Kier molecular flexibility index (Phi) is 4.37. The van der Waals surface area contributed by atoms with Gasteiger partial charge >= 0.3 is 5.97 Å².